The zero-order valence-corrected chi connectivity index (χ0v) is 12.4. The van der Waals surface area contributed by atoms with Crippen LogP contribution in [0.4, 0.5) is 4.39 Å². The van der Waals surface area contributed by atoms with Crippen molar-refractivity contribution in [2.24, 2.45) is 0 Å². The van der Waals surface area contributed by atoms with Crippen LogP contribution in [0, 0.1) is 5.82 Å². The van der Waals surface area contributed by atoms with Crippen LogP contribution < -0.4 is 0 Å². The molecule has 1 N–H and O–H groups in total. The van der Waals surface area contributed by atoms with E-state index in [0.29, 0.717) is 29.2 Å². The summed E-state index contributed by atoms with van der Waals surface area (Å²) in [6, 6.07) is 5.97. The molecule has 1 aromatic heterocycles. The van der Waals surface area contributed by atoms with Gasteiger partial charge in [-0.05, 0) is 30.5 Å². The molecule has 5 heteroatoms. The first-order valence-electron chi connectivity index (χ1n) is 6.73. The van der Waals surface area contributed by atoms with E-state index in [-0.39, 0.29) is 5.82 Å². The molecule has 0 saturated heterocycles. The highest BCUT2D eigenvalue weighted by atomic mass is 35.5. The fourth-order valence-corrected chi connectivity index (χ4v) is 2.71. The van der Waals surface area contributed by atoms with E-state index in [4.69, 9.17) is 11.6 Å². The fourth-order valence-electron chi connectivity index (χ4n) is 2.41. The second-order valence-corrected chi connectivity index (χ2v) is 5.20. The van der Waals surface area contributed by atoms with Gasteiger partial charge in [0.25, 0.3) is 0 Å². The fraction of sp³-hybridized carbons (Fsp3) is 0.400. The number of aryl methyl sites for hydroxylation is 1. The maximum absolute atomic E-state index is 13.5. The van der Waals surface area contributed by atoms with Crippen LogP contribution in [-0.4, -0.2) is 14.9 Å². The monoisotopic (exact) mass is 296 g/mol. The van der Waals surface area contributed by atoms with Crippen LogP contribution in [0.1, 0.15) is 37.9 Å². The summed E-state index contributed by atoms with van der Waals surface area (Å²) >= 11 is 6.20. The van der Waals surface area contributed by atoms with Crippen molar-refractivity contribution in [2.75, 3.05) is 0 Å². The number of hydrogen-bond acceptors (Lipinski definition) is 2. The highest BCUT2D eigenvalue weighted by molar-refractivity contribution is 6.31. The van der Waals surface area contributed by atoms with Crippen LogP contribution in [0.15, 0.2) is 30.5 Å². The Balaban J connectivity index is 2.58. The van der Waals surface area contributed by atoms with Crippen LogP contribution in [0.25, 0.3) is 0 Å². The number of aromatic nitrogens is 2. The van der Waals surface area contributed by atoms with Crippen LogP contribution >= 0.6 is 11.6 Å². The van der Waals surface area contributed by atoms with Crippen LogP contribution in [-0.2, 0) is 12.1 Å². The summed E-state index contributed by atoms with van der Waals surface area (Å²) in [6.07, 6.45) is 2.77. The molecule has 0 bridgehead atoms. The summed E-state index contributed by atoms with van der Waals surface area (Å²) in [6.45, 7) is 4.51. The van der Waals surface area contributed by atoms with Crippen LogP contribution in [0.3, 0.4) is 0 Å². The third-order valence-electron chi connectivity index (χ3n) is 3.44. The molecule has 0 aliphatic heterocycles. The number of hydrogen-bond donors (Lipinski definition) is 1. The zero-order chi connectivity index (χ0) is 14.8. The summed E-state index contributed by atoms with van der Waals surface area (Å²) in [5.74, 6) is -0.382. The molecule has 0 aliphatic rings. The van der Waals surface area contributed by atoms with Gasteiger partial charge in [0, 0.05) is 6.54 Å². The minimum absolute atomic E-state index is 0.381. The van der Waals surface area contributed by atoms with Gasteiger partial charge in [-0.1, -0.05) is 37.6 Å². The van der Waals surface area contributed by atoms with Crippen molar-refractivity contribution in [3.63, 3.8) is 0 Å². The lowest BCUT2D eigenvalue weighted by atomic mass is 9.87. The third kappa shape index (κ3) is 2.58. The number of aliphatic hydroxyl groups is 1. The van der Waals surface area contributed by atoms with Gasteiger partial charge < -0.3 is 5.11 Å². The third-order valence-corrected chi connectivity index (χ3v) is 3.71. The quantitative estimate of drug-likeness (QED) is 0.913. The van der Waals surface area contributed by atoms with Gasteiger partial charge >= 0.3 is 0 Å². The van der Waals surface area contributed by atoms with Gasteiger partial charge in [-0.2, -0.15) is 5.10 Å². The Bertz CT molecular complexity index is 599. The Morgan fingerprint density at radius 2 is 2.15 bits per heavy atom. The molecular weight excluding hydrogens is 279 g/mol. The van der Waals surface area contributed by atoms with Gasteiger partial charge in [-0.15, -0.1) is 0 Å². The maximum Gasteiger partial charge on any atom is 0.132 e. The molecule has 108 valence electrons. The van der Waals surface area contributed by atoms with E-state index in [9.17, 15) is 9.50 Å². The molecule has 0 fully saturated rings. The van der Waals surface area contributed by atoms with Crippen LogP contribution in [0.5, 0.6) is 0 Å². The minimum Gasteiger partial charge on any atom is -0.379 e. The number of benzene rings is 1. The molecule has 1 heterocycles. The lowest BCUT2D eigenvalue weighted by Gasteiger charge is -2.29. The van der Waals surface area contributed by atoms with E-state index in [2.05, 4.69) is 5.10 Å². The molecule has 2 rings (SSSR count). The summed E-state index contributed by atoms with van der Waals surface area (Å²) in [5, 5.41) is 15.6. The Hall–Kier alpha value is -1.39. The second-order valence-electron chi connectivity index (χ2n) is 4.79. The largest absolute Gasteiger partial charge is 0.379 e. The van der Waals surface area contributed by atoms with E-state index < -0.39 is 5.60 Å². The Labute approximate surface area is 123 Å². The zero-order valence-electron chi connectivity index (χ0n) is 11.6. The minimum atomic E-state index is -1.34. The maximum atomic E-state index is 13.5. The molecule has 0 radical (unpaired) electrons. The van der Waals surface area contributed by atoms with Crippen molar-refractivity contribution in [3.05, 3.63) is 52.6 Å². The van der Waals surface area contributed by atoms with Crippen molar-refractivity contribution in [1.29, 1.82) is 0 Å². The number of rotatable bonds is 5. The number of halogens is 2. The number of nitrogens with zero attached hydrogens (tertiary/aromatic N) is 2. The topological polar surface area (TPSA) is 38.0 Å². The molecule has 1 unspecified atom stereocenters. The molecule has 0 saturated carbocycles. The summed E-state index contributed by atoms with van der Waals surface area (Å²) in [5.41, 5.74) is -0.334. The summed E-state index contributed by atoms with van der Waals surface area (Å²) < 4.78 is 15.1. The normalized spacial score (nSPS) is 14.2. The molecule has 0 amide bonds. The van der Waals surface area contributed by atoms with Crippen molar-refractivity contribution in [2.45, 2.75) is 38.8 Å². The van der Waals surface area contributed by atoms with E-state index in [0.717, 1.165) is 6.42 Å². The van der Waals surface area contributed by atoms with Crippen LogP contribution in [0.2, 0.25) is 5.02 Å². The van der Waals surface area contributed by atoms with Gasteiger partial charge in [-0.3, -0.25) is 4.68 Å². The molecule has 2 aromatic rings. The van der Waals surface area contributed by atoms with E-state index in [1.165, 1.54) is 18.3 Å². The van der Waals surface area contributed by atoms with Gasteiger partial charge in [-0.25, -0.2) is 4.39 Å². The second kappa shape index (κ2) is 5.94. The average Bonchev–Trinajstić information content (AvgIpc) is 2.80. The lowest BCUT2D eigenvalue weighted by molar-refractivity contribution is 0.0662. The van der Waals surface area contributed by atoms with Gasteiger partial charge in [0.1, 0.15) is 11.4 Å². The smallest absolute Gasteiger partial charge is 0.132 e. The van der Waals surface area contributed by atoms with E-state index in [1.807, 2.05) is 13.8 Å². The molecule has 0 spiro atoms. The van der Waals surface area contributed by atoms with Crippen molar-refractivity contribution in [3.8, 4) is 0 Å². The van der Waals surface area contributed by atoms with Crippen molar-refractivity contribution < 1.29 is 9.50 Å². The summed E-state index contributed by atoms with van der Waals surface area (Å²) in [4.78, 5) is 0. The van der Waals surface area contributed by atoms with E-state index in [1.54, 1.807) is 16.8 Å². The Morgan fingerprint density at radius 3 is 2.75 bits per heavy atom. The predicted octanol–water partition coefficient (Wildman–Crippen LogP) is 3.73. The van der Waals surface area contributed by atoms with Crippen molar-refractivity contribution >= 4 is 11.6 Å². The Morgan fingerprint density at radius 1 is 1.40 bits per heavy atom. The Kier molecular flexibility index (Phi) is 4.45. The first kappa shape index (κ1) is 15.0. The van der Waals surface area contributed by atoms with Gasteiger partial charge in [0.05, 0.1) is 16.9 Å². The predicted molar refractivity (Wildman–Crippen MR) is 77.2 cm³/mol. The first-order valence-corrected chi connectivity index (χ1v) is 7.11. The first-order chi connectivity index (χ1) is 9.52. The molecule has 1 aromatic carbocycles. The van der Waals surface area contributed by atoms with Gasteiger partial charge in [0.15, 0.2) is 0 Å². The highest BCUT2D eigenvalue weighted by Crippen LogP contribution is 2.37. The molecule has 0 aliphatic carbocycles. The summed E-state index contributed by atoms with van der Waals surface area (Å²) in [7, 11) is 0. The molecule has 1 atom stereocenters. The van der Waals surface area contributed by atoms with E-state index >= 15 is 0 Å². The SMILES string of the molecule is CCCn1ncc(Cl)c1C(O)(CC)c1cccc(F)c1. The molecular formula is C15H18ClFN2O. The molecule has 20 heavy (non-hydrogen) atoms. The molecule has 3 nitrogen and oxygen atoms in total. The standard InChI is InChI=1S/C15H18ClFN2O/c1-3-8-19-14(13(16)10-18-19)15(20,4-2)11-6-5-7-12(17)9-11/h5-7,9-10,20H,3-4,8H2,1-2H3. The van der Waals surface area contributed by atoms with Crippen molar-refractivity contribution in [1.82, 2.24) is 9.78 Å². The average molecular weight is 297 g/mol. The lowest BCUT2D eigenvalue weighted by Crippen LogP contribution is -2.30. The highest BCUT2D eigenvalue weighted by Gasteiger charge is 2.35. The van der Waals surface area contributed by atoms with Gasteiger partial charge in [0.2, 0.25) is 0 Å².